The molecule has 2 N–H and O–H groups in total. The normalized spacial score (nSPS) is 19.9. The lowest BCUT2D eigenvalue weighted by molar-refractivity contribution is 0.534. The Morgan fingerprint density at radius 3 is 3.00 bits per heavy atom. The molecule has 0 radical (unpaired) electrons. The molecule has 1 aliphatic rings. The van der Waals surface area contributed by atoms with E-state index >= 15 is 0 Å². The van der Waals surface area contributed by atoms with Crippen LogP contribution in [-0.2, 0) is 0 Å². The molecule has 0 spiro atoms. The van der Waals surface area contributed by atoms with Gasteiger partial charge in [0.15, 0.2) is 0 Å². The Morgan fingerprint density at radius 2 is 2.29 bits per heavy atom. The minimum Gasteiger partial charge on any atom is -0.380 e. The summed E-state index contributed by atoms with van der Waals surface area (Å²) in [4.78, 5) is 4.38. The van der Waals surface area contributed by atoms with Gasteiger partial charge in [-0.3, -0.25) is 0 Å². The topological polar surface area (TPSA) is 37.0 Å². The van der Waals surface area contributed by atoms with Crippen LogP contribution in [-0.4, -0.2) is 17.6 Å². The second-order valence-electron chi connectivity index (χ2n) is 4.28. The number of nitrogens with zero attached hydrogens (tertiary/aromatic N) is 1. The van der Waals surface area contributed by atoms with Crippen molar-refractivity contribution in [3.05, 3.63) is 17.8 Å². The Balaban J connectivity index is 2.23. The van der Waals surface area contributed by atoms with Crippen LogP contribution in [0.15, 0.2) is 12.3 Å². The fraction of sp³-hybridized carbons (Fsp3) is 0.545. The predicted molar refractivity (Wildman–Crippen MR) is 59.7 cm³/mol. The molecular formula is C11H17N3. The molecule has 3 nitrogen and oxygen atoms in total. The quantitative estimate of drug-likeness (QED) is 0.715. The largest absolute Gasteiger partial charge is 0.380 e. The van der Waals surface area contributed by atoms with Crippen molar-refractivity contribution in [1.82, 2.24) is 4.98 Å². The standard InChI is InChI=1S/C11H17N3/c1-7(2)10-6-12-9-4-8(3)5-13-11(9)14-10/h4-5,7,10,12H,6H2,1-3H3,(H,13,14). The number of rotatable bonds is 1. The Labute approximate surface area is 84.9 Å². The summed E-state index contributed by atoms with van der Waals surface area (Å²) in [5.41, 5.74) is 2.32. The summed E-state index contributed by atoms with van der Waals surface area (Å²) in [5, 5.41) is 6.86. The molecule has 0 saturated heterocycles. The van der Waals surface area contributed by atoms with Gasteiger partial charge in [-0.2, -0.15) is 0 Å². The molecule has 1 unspecified atom stereocenters. The molecule has 2 heterocycles. The van der Waals surface area contributed by atoms with Gasteiger partial charge in [-0.05, 0) is 24.5 Å². The Morgan fingerprint density at radius 1 is 1.50 bits per heavy atom. The predicted octanol–water partition coefficient (Wildman–Crippen LogP) is 2.25. The third-order valence-electron chi connectivity index (χ3n) is 2.66. The third kappa shape index (κ3) is 1.67. The fourth-order valence-electron chi connectivity index (χ4n) is 1.67. The van der Waals surface area contributed by atoms with E-state index in [-0.39, 0.29) is 0 Å². The van der Waals surface area contributed by atoms with Crippen LogP contribution >= 0.6 is 0 Å². The van der Waals surface area contributed by atoms with Gasteiger partial charge in [0.2, 0.25) is 0 Å². The van der Waals surface area contributed by atoms with Gasteiger partial charge >= 0.3 is 0 Å². The van der Waals surface area contributed by atoms with Crippen molar-refractivity contribution in [2.24, 2.45) is 5.92 Å². The molecular weight excluding hydrogens is 174 g/mol. The zero-order valence-electron chi connectivity index (χ0n) is 8.96. The first-order valence-corrected chi connectivity index (χ1v) is 5.14. The summed E-state index contributed by atoms with van der Waals surface area (Å²) in [5.74, 6) is 1.61. The zero-order valence-corrected chi connectivity index (χ0v) is 8.96. The highest BCUT2D eigenvalue weighted by atomic mass is 15.1. The maximum Gasteiger partial charge on any atom is 0.149 e. The van der Waals surface area contributed by atoms with E-state index in [0.717, 1.165) is 18.1 Å². The molecule has 76 valence electrons. The van der Waals surface area contributed by atoms with E-state index < -0.39 is 0 Å². The number of hydrogen-bond donors (Lipinski definition) is 2. The maximum absolute atomic E-state index is 4.38. The number of aromatic nitrogens is 1. The highest BCUT2D eigenvalue weighted by Crippen LogP contribution is 2.26. The lowest BCUT2D eigenvalue weighted by Gasteiger charge is -2.30. The van der Waals surface area contributed by atoms with Crippen LogP contribution < -0.4 is 10.6 Å². The molecule has 1 aromatic rings. The maximum atomic E-state index is 4.38. The molecule has 0 bridgehead atoms. The van der Waals surface area contributed by atoms with Gasteiger partial charge < -0.3 is 10.6 Å². The summed E-state index contributed by atoms with van der Waals surface area (Å²) in [7, 11) is 0. The van der Waals surface area contributed by atoms with E-state index in [2.05, 4.69) is 42.5 Å². The third-order valence-corrected chi connectivity index (χ3v) is 2.66. The second-order valence-corrected chi connectivity index (χ2v) is 4.28. The minimum atomic E-state index is 0.484. The van der Waals surface area contributed by atoms with Crippen molar-refractivity contribution in [2.45, 2.75) is 26.8 Å². The molecule has 1 atom stereocenters. The van der Waals surface area contributed by atoms with Crippen molar-refractivity contribution < 1.29 is 0 Å². The highest BCUT2D eigenvalue weighted by molar-refractivity contribution is 5.67. The summed E-state index contributed by atoms with van der Waals surface area (Å²) in [6, 6.07) is 2.61. The van der Waals surface area contributed by atoms with E-state index in [1.54, 1.807) is 0 Å². The summed E-state index contributed by atoms with van der Waals surface area (Å²) in [6.45, 7) is 7.48. The summed E-state index contributed by atoms with van der Waals surface area (Å²) < 4.78 is 0. The molecule has 0 fully saturated rings. The first-order valence-electron chi connectivity index (χ1n) is 5.14. The zero-order chi connectivity index (χ0) is 10.1. The van der Waals surface area contributed by atoms with Crippen molar-refractivity contribution in [3.8, 4) is 0 Å². The number of aryl methyl sites for hydroxylation is 1. The van der Waals surface area contributed by atoms with Gasteiger partial charge in [0.05, 0.1) is 5.69 Å². The SMILES string of the molecule is Cc1cnc2c(c1)NCC(C(C)C)N2. The van der Waals surface area contributed by atoms with Gasteiger partial charge in [0.1, 0.15) is 5.82 Å². The van der Waals surface area contributed by atoms with Crippen LogP contribution in [0, 0.1) is 12.8 Å². The van der Waals surface area contributed by atoms with E-state index in [4.69, 9.17) is 0 Å². The van der Waals surface area contributed by atoms with Gasteiger partial charge in [-0.25, -0.2) is 4.98 Å². The number of anilines is 2. The smallest absolute Gasteiger partial charge is 0.149 e. The first kappa shape index (κ1) is 9.31. The molecule has 3 heteroatoms. The van der Waals surface area contributed by atoms with Crippen molar-refractivity contribution >= 4 is 11.5 Å². The van der Waals surface area contributed by atoms with Gasteiger partial charge in [0, 0.05) is 18.8 Å². The molecule has 0 amide bonds. The number of fused-ring (bicyclic) bond motifs is 1. The Hall–Kier alpha value is -1.25. The van der Waals surface area contributed by atoms with Crippen molar-refractivity contribution in [1.29, 1.82) is 0 Å². The summed E-state index contributed by atoms with van der Waals surface area (Å²) >= 11 is 0. The highest BCUT2D eigenvalue weighted by Gasteiger charge is 2.20. The van der Waals surface area contributed by atoms with Crippen LogP contribution in [0.2, 0.25) is 0 Å². The Bertz CT molecular complexity index is 333. The molecule has 0 saturated carbocycles. The van der Waals surface area contributed by atoms with Crippen LogP contribution in [0.1, 0.15) is 19.4 Å². The lowest BCUT2D eigenvalue weighted by Crippen LogP contribution is -2.37. The monoisotopic (exact) mass is 191 g/mol. The van der Waals surface area contributed by atoms with E-state index in [0.29, 0.717) is 12.0 Å². The van der Waals surface area contributed by atoms with Crippen molar-refractivity contribution in [3.63, 3.8) is 0 Å². The van der Waals surface area contributed by atoms with E-state index in [1.807, 2.05) is 6.20 Å². The number of hydrogen-bond acceptors (Lipinski definition) is 3. The molecule has 1 aromatic heterocycles. The molecule has 14 heavy (non-hydrogen) atoms. The van der Waals surface area contributed by atoms with Gasteiger partial charge in [0.25, 0.3) is 0 Å². The minimum absolute atomic E-state index is 0.484. The molecule has 1 aliphatic heterocycles. The molecule has 0 aliphatic carbocycles. The average molecular weight is 191 g/mol. The average Bonchev–Trinajstić information content (AvgIpc) is 2.16. The molecule has 0 aromatic carbocycles. The van der Waals surface area contributed by atoms with Crippen LogP contribution in [0.4, 0.5) is 11.5 Å². The van der Waals surface area contributed by atoms with Gasteiger partial charge in [-0.1, -0.05) is 13.8 Å². The van der Waals surface area contributed by atoms with Crippen LogP contribution in [0.5, 0.6) is 0 Å². The van der Waals surface area contributed by atoms with Crippen LogP contribution in [0.25, 0.3) is 0 Å². The Kier molecular flexibility index (Phi) is 2.32. The number of nitrogens with one attached hydrogen (secondary N) is 2. The first-order chi connectivity index (χ1) is 6.66. The van der Waals surface area contributed by atoms with E-state index in [1.165, 1.54) is 5.56 Å². The summed E-state index contributed by atoms with van der Waals surface area (Å²) in [6.07, 6.45) is 1.90. The van der Waals surface area contributed by atoms with Crippen molar-refractivity contribution in [2.75, 3.05) is 17.2 Å². The second kappa shape index (κ2) is 3.48. The van der Waals surface area contributed by atoms with Gasteiger partial charge in [-0.15, -0.1) is 0 Å². The lowest BCUT2D eigenvalue weighted by atomic mass is 10.0. The molecule has 2 rings (SSSR count). The fourth-order valence-corrected chi connectivity index (χ4v) is 1.67. The van der Waals surface area contributed by atoms with Crippen LogP contribution in [0.3, 0.4) is 0 Å². The number of pyridine rings is 1. The van der Waals surface area contributed by atoms with E-state index in [9.17, 15) is 0 Å².